The lowest BCUT2D eigenvalue weighted by molar-refractivity contribution is 0.359. The fourth-order valence-electron chi connectivity index (χ4n) is 5.67. The summed E-state index contributed by atoms with van der Waals surface area (Å²) in [6.45, 7) is 0.938. The van der Waals surface area contributed by atoms with E-state index >= 15 is 0 Å². The van der Waals surface area contributed by atoms with E-state index in [-0.39, 0.29) is 23.0 Å². The van der Waals surface area contributed by atoms with Gasteiger partial charge in [0.15, 0.2) is 0 Å². The first kappa shape index (κ1) is 25.3. The van der Waals surface area contributed by atoms with Crippen molar-refractivity contribution in [2.75, 3.05) is 30.5 Å². The molecule has 2 saturated carbocycles. The number of ether oxygens (including phenoxy) is 1. The molecule has 0 aliphatic heterocycles. The van der Waals surface area contributed by atoms with Crippen molar-refractivity contribution in [3.8, 4) is 11.8 Å². The molecule has 2 aliphatic carbocycles. The first-order chi connectivity index (χ1) is 17.8. The molecule has 2 heterocycles. The van der Waals surface area contributed by atoms with Crippen molar-refractivity contribution >= 4 is 34.0 Å². The lowest BCUT2D eigenvalue weighted by atomic mass is 9.88. The Morgan fingerprint density at radius 1 is 1.16 bits per heavy atom. The van der Waals surface area contributed by atoms with Gasteiger partial charge in [0.1, 0.15) is 33.9 Å². The van der Waals surface area contributed by atoms with Gasteiger partial charge in [-0.2, -0.15) is 5.26 Å². The third kappa shape index (κ3) is 4.85. The third-order valence-electron chi connectivity index (χ3n) is 7.90. The van der Waals surface area contributed by atoms with Crippen molar-refractivity contribution in [2.45, 2.75) is 50.6 Å². The Hall–Kier alpha value is -3.31. The Bertz CT molecular complexity index is 1420. The summed E-state index contributed by atoms with van der Waals surface area (Å²) >= 11 is 6.22. The molecule has 37 heavy (non-hydrogen) atoms. The second kappa shape index (κ2) is 10.2. The molecule has 2 aromatic heterocycles. The smallest absolute Gasteiger partial charge is 0.270 e. The molecule has 0 unspecified atom stereocenters. The summed E-state index contributed by atoms with van der Waals surface area (Å²) in [5, 5.41) is 10.2. The molecular weight excluding hydrogens is 493 g/mol. The van der Waals surface area contributed by atoms with Gasteiger partial charge in [0.25, 0.3) is 5.56 Å². The standard InChI is InChI=1S/C28H31ClFN5O2/c1-33(27-21(15-31)28(36)34(2)23-12-13-25(29)32-26(23)27)19-7-9-20(10-8-19)35(16-17-4-5-17)22-11-6-18(30)14-24(22)37-3/h6,11-14,17,19-20H,4-5,7-10,16H2,1-3H3/t19-,20-. The number of pyridine rings is 2. The molecule has 3 aromatic rings. The summed E-state index contributed by atoms with van der Waals surface area (Å²) in [5.74, 6) is 0.921. The Labute approximate surface area is 221 Å². The van der Waals surface area contributed by atoms with E-state index in [4.69, 9.17) is 16.3 Å². The van der Waals surface area contributed by atoms with Crippen molar-refractivity contribution in [3.05, 3.63) is 57.2 Å². The number of nitriles is 1. The fourth-order valence-corrected chi connectivity index (χ4v) is 5.81. The normalized spacial score (nSPS) is 19.5. The zero-order valence-electron chi connectivity index (χ0n) is 21.4. The maximum Gasteiger partial charge on any atom is 0.270 e. The number of rotatable bonds is 7. The van der Waals surface area contributed by atoms with Crippen LogP contribution in [0.25, 0.3) is 11.0 Å². The van der Waals surface area contributed by atoms with Crippen LogP contribution in [0.4, 0.5) is 15.8 Å². The van der Waals surface area contributed by atoms with E-state index in [1.165, 1.54) is 29.5 Å². The zero-order chi connectivity index (χ0) is 26.3. The van der Waals surface area contributed by atoms with E-state index in [1.54, 1.807) is 26.3 Å². The summed E-state index contributed by atoms with van der Waals surface area (Å²) in [6, 6.07) is 10.8. The van der Waals surface area contributed by atoms with Crippen molar-refractivity contribution < 1.29 is 9.13 Å². The lowest BCUT2D eigenvalue weighted by Crippen LogP contribution is -2.44. The molecule has 0 N–H and O–H groups in total. The maximum absolute atomic E-state index is 13.9. The number of nitrogens with zero attached hydrogens (tertiary/aromatic N) is 5. The predicted molar refractivity (Wildman–Crippen MR) is 144 cm³/mol. The van der Waals surface area contributed by atoms with Crippen molar-refractivity contribution in [3.63, 3.8) is 0 Å². The van der Waals surface area contributed by atoms with Crippen molar-refractivity contribution in [1.82, 2.24) is 9.55 Å². The highest BCUT2D eigenvalue weighted by Gasteiger charge is 2.34. The number of anilines is 2. The Morgan fingerprint density at radius 2 is 1.86 bits per heavy atom. The van der Waals surface area contributed by atoms with Crippen LogP contribution in [0.15, 0.2) is 35.1 Å². The number of benzene rings is 1. The Kier molecular flexibility index (Phi) is 7.00. The predicted octanol–water partition coefficient (Wildman–Crippen LogP) is 5.27. The molecule has 194 valence electrons. The average Bonchev–Trinajstić information content (AvgIpc) is 3.73. The van der Waals surface area contributed by atoms with Gasteiger partial charge < -0.3 is 19.1 Å². The summed E-state index contributed by atoms with van der Waals surface area (Å²) in [5.41, 5.74) is 2.43. The maximum atomic E-state index is 13.9. The molecule has 0 atom stereocenters. The monoisotopic (exact) mass is 523 g/mol. The van der Waals surface area contributed by atoms with Crippen LogP contribution in [0.2, 0.25) is 5.15 Å². The molecule has 9 heteroatoms. The average molecular weight is 524 g/mol. The molecule has 0 bridgehead atoms. The van der Waals surface area contributed by atoms with E-state index in [0.717, 1.165) is 37.9 Å². The van der Waals surface area contributed by atoms with Crippen LogP contribution in [0.3, 0.4) is 0 Å². The van der Waals surface area contributed by atoms with E-state index in [1.807, 2.05) is 18.0 Å². The molecule has 0 saturated heterocycles. The van der Waals surface area contributed by atoms with Gasteiger partial charge in [-0.15, -0.1) is 0 Å². The topological polar surface area (TPSA) is 74.4 Å². The number of aromatic nitrogens is 2. The molecular formula is C28H31ClFN5O2. The van der Waals surface area contributed by atoms with Gasteiger partial charge in [0.2, 0.25) is 0 Å². The first-order valence-electron chi connectivity index (χ1n) is 12.7. The molecule has 0 spiro atoms. The van der Waals surface area contributed by atoms with Gasteiger partial charge in [-0.05, 0) is 68.7 Å². The molecule has 0 amide bonds. The van der Waals surface area contributed by atoms with E-state index in [0.29, 0.717) is 39.6 Å². The van der Waals surface area contributed by atoms with Crippen LogP contribution in [-0.2, 0) is 7.05 Å². The summed E-state index contributed by atoms with van der Waals surface area (Å²) < 4.78 is 20.9. The third-order valence-corrected chi connectivity index (χ3v) is 8.11. The molecule has 7 nitrogen and oxygen atoms in total. The van der Waals surface area contributed by atoms with Crippen LogP contribution in [-0.4, -0.2) is 42.3 Å². The highest BCUT2D eigenvalue weighted by molar-refractivity contribution is 6.29. The number of halogens is 2. The SMILES string of the molecule is COc1cc(F)ccc1N(CC1CC1)[C@H]1CC[C@H](N(C)c2c(C#N)c(=O)n(C)c3ccc(Cl)nc23)CC1. The largest absolute Gasteiger partial charge is 0.494 e. The number of hydrogen-bond acceptors (Lipinski definition) is 6. The molecule has 2 fully saturated rings. The lowest BCUT2D eigenvalue weighted by Gasteiger charge is -2.42. The molecule has 0 radical (unpaired) electrons. The quantitative estimate of drug-likeness (QED) is 0.393. The molecule has 1 aromatic carbocycles. The summed E-state index contributed by atoms with van der Waals surface area (Å²) in [6.07, 6.45) is 6.07. The number of hydrogen-bond donors (Lipinski definition) is 0. The minimum Gasteiger partial charge on any atom is -0.494 e. The second-order valence-corrected chi connectivity index (χ2v) is 10.6. The molecule has 2 aliphatic rings. The van der Waals surface area contributed by atoms with Crippen molar-refractivity contribution in [2.24, 2.45) is 13.0 Å². The van der Waals surface area contributed by atoms with Crippen molar-refractivity contribution in [1.29, 1.82) is 5.26 Å². The Morgan fingerprint density at radius 3 is 2.51 bits per heavy atom. The van der Waals surface area contributed by atoms with E-state index < -0.39 is 0 Å². The van der Waals surface area contributed by atoms with Crippen LogP contribution in [0, 0.1) is 23.1 Å². The van der Waals surface area contributed by atoms with Crippen LogP contribution in [0.1, 0.15) is 44.1 Å². The van der Waals surface area contributed by atoms with Crippen LogP contribution < -0.4 is 20.1 Å². The van der Waals surface area contributed by atoms with Gasteiger partial charge >= 0.3 is 0 Å². The van der Waals surface area contributed by atoms with Gasteiger partial charge in [0.05, 0.1) is 24.0 Å². The van der Waals surface area contributed by atoms with Gasteiger partial charge in [-0.25, -0.2) is 9.37 Å². The fraction of sp³-hybridized carbons (Fsp3) is 0.464. The summed E-state index contributed by atoms with van der Waals surface area (Å²) in [7, 11) is 5.17. The van der Waals surface area contributed by atoms with Crippen LogP contribution >= 0.6 is 11.6 Å². The minimum absolute atomic E-state index is 0.0841. The minimum atomic E-state index is -0.339. The number of aryl methyl sites for hydroxylation is 1. The van der Waals surface area contributed by atoms with E-state index in [9.17, 15) is 14.4 Å². The second-order valence-electron chi connectivity index (χ2n) is 10.2. The van der Waals surface area contributed by atoms with Gasteiger partial charge in [-0.3, -0.25) is 4.79 Å². The van der Waals surface area contributed by atoms with Gasteiger partial charge in [0, 0.05) is 38.8 Å². The van der Waals surface area contributed by atoms with E-state index in [2.05, 4.69) is 16.0 Å². The number of methoxy groups -OCH3 is 1. The number of fused-ring (bicyclic) bond motifs is 1. The summed E-state index contributed by atoms with van der Waals surface area (Å²) in [4.78, 5) is 22.0. The zero-order valence-corrected chi connectivity index (χ0v) is 22.1. The van der Waals surface area contributed by atoms with Gasteiger partial charge in [-0.1, -0.05) is 11.6 Å². The highest BCUT2D eigenvalue weighted by Crippen LogP contribution is 2.40. The highest BCUT2D eigenvalue weighted by atomic mass is 35.5. The Balaban J connectivity index is 1.43. The first-order valence-corrected chi connectivity index (χ1v) is 13.1. The van der Waals surface area contributed by atoms with Crippen LogP contribution in [0.5, 0.6) is 5.75 Å². The molecule has 5 rings (SSSR count).